The molecule has 0 amide bonds. The number of aliphatic hydroxyl groups excluding tert-OH is 2. The van der Waals surface area contributed by atoms with E-state index in [9.17, 15) is 29.2 Å². The van der Waals surface area contributed by atoms with Crippen molar-refractivity contribution in [3.63, 3.8) is 0 Å². The van der Waals surface area contributed by atoms with Crippen LogP contribution in [0.25, 0.3) is 0 Å². The van der Waals surface area contributed by atoms with Crippen LogP contribution in [-0.2, 0) is 32.9 Å². The number of ketones is 1. The summed E-state index contributed by atoms with van der Waals surface area (Å²) < 4.78 is 26.4. The first-order valence-corrected chi connectivity index (χ1v) is 23.6. The van der Waals surface area contributed by atoms with Crippen molar-refractivity contribution in [2.24, 2.45) is 11.8 Å². The van der Waals surface area contributed by atoms with Gasteiger partial charge in [0.2, 0.25) is 0 Å². The third kappa shape index (κ3) is 30.3. The Morgan fingerprint density at radius 1 is 0.737 bits per heavy atom. The fraction of sp³-hybridized carbons (Fsp3) is 0.756. The first-order valence-electron chi connectivity index (χ1n) is 22.0. The van der Waals surface area contributed by atoms with Gasteiger partial charge in [-0.2, -0.15) is 0 Å². The molecule has 4 N–H and O–H groups in total. The number of allylic oxidation sites excluding steroid dienone is 6. The fourth-order valence-electron chi connectivity index (χ4n) is 6.80. The van der Waals surface area contributed by atoms with Crippen LogP contribution in [0.4, 0.5) is 0 Å². The molecule has 1 aliphatic carbocycles. The first-order chi connectivity index (χ1) is 27.5. The van der Waals surface area contributed by atoms with Crippen LogP contribution in [-0.4, -0.2) is 69.2 Å². The largest absolute Gasteiger partial charge is 0.469 e. The van der Waals surface area contributed by atoms with E-state index < -0.39 is 44.7 Å². The molecule has 1 fully saturated rings. The number of hydrogen-bond acceptors (Lipinski definition) is 9. The minimum Gasteiger partial charge on any atom is -0.462 e. The van der Waals surface area contributed by atoms with Crippen molar-refractivity contribution >= 4 is 25.5 Å². The van der Waals surface area contributed by atoms with Gasteiger partial charge in [-0.05, 0) is 64.2 Å². The summed E-state index contributed by atoms with van der Waals surface area (Å²) in [6, 6.07) is 0. The van der Waals surface area contributed by atoms with Gasteiger partial charge in [-0.25, -0.2) is 4.57 Å². The van der Waals surface area contributed by atoms with E-state index in [0.717, 1.165) is 51.4 Å². The van der Waals surface area contributed by atoms with Crippen molar-refractivity contribution in [2.75, 3.05) is 13.2 Å². The molecule has 0 unspecified atom stereocenters. The van der Waals surface area contributed by atoms with E-state index in [4.69, 9.17) is 19.3 Å². The Morgan fingerprint density at radius 2 is 1.30 bits per heavy atom. The van der Waals surface area contributed by atoms with Crippen molar-refractivity contribution in [1.29, 1.82) is 0 Å². The Morgan fingerprint density at radius 3 is 1.95 bits per heavy atom. The van der Waals surface area contributed by atoms with Gasteiger partial charge < -0.3 is 29.5 Å². The maximum Gasteiger partial charge on any atom is 0.469 e. The van der Waals surface area contributed by atoms with Crippen LogP contribution < -0.4 is 0 Å². The number of hydrogen-bond donors (Lipinski definition) is 4. The summed E-state index contributed by atoms with van der Waals surface area (Å²) in [4.78, 5) is 55.6. The van der Waals surface area contributed by atoms with Gasteiger partial charge in [-0.1, -0.05) is 140 Å². The SMILES string of the molecule is CCCCC/C=C\C/C=C\CCCCCCCCCCCC(=O)O[C@H](COC(=O)CCC/C=C\C[C@H]1C(=O)C[C@@H](O)[C@@H]1/C=C/[C@@H](O)CCCCC)COP(=O)(O)O. The molecule has 0 aromatic carbocycles. The van der Waals surface area contributed by atoms with E-state index in [1.54, 1.807) is 12.2 Å². The molecule has 5 atom stereocenters. The van der Waals surface area contributed by atoms with Crippen molar-refractivity contribution < 1.29 is 52.9 Å². The predicted octanol–water partition coefficient (Wildman–Crippen LogP) is 10.1. The van der Waals surface area contributed by atoms with Gasteiger partial charge in [0.1, 0.15) is 12.4 Å². The van der Waals surface area contributed by atoms with E-state index in [2.05, 4.69) is 42.7 Å². The number of Topliss-reactive ketones (excluding diaryl/α,β-unsaturated/α-hetero) is 1. The Labute approximate surface area is 344 Å². The van der Waals surface area contributed by atoms with Crippen molar-refractivity contribution in [3.8, 4) is 0 Å². The topological polar surface area (TPSA) is 177 Å². The maximum atomic E-state index is 12.5. The van der Waals surface area contributed by atoms with Crippen LogP contribution in [0.2, 0.25) is 0 Å². The van der Waals surface area contributed by atoms with E-state index in [1.807, 2.05) is 12.2 Å². The van der Waals surface area contributed by atoms with Crippen LogP contribution >= 0.6 is 7.82 Å². The molecule has 0 spiro atoms. The molecule has 1 rings (SSSR count). The summed E-state index contributed by atoms with van der Waals surface area (Å²) in [5, 5.41) is 20.6. The molecule has 57 heavy (non-hydrogen) atoms. The molecule has 12 heteroatoms. The predicted molar refractivity (Wildman–Crippen MR) is 226 cm³/mol. The van der Waals surface area contributed by atoms with E-state index >= 15 is 0 Å². The lowest BCUT2D eigenvalue weighted by Gasteiger charge is -2.18. The highest BCUT2D eigenvalue weighted by Crippen LogP contribution is 2.36. The van der Waals surface area contributed by atoms with E-state index in [0.29, 0.717) is 32.1 Å². The number of carbonyl (C=O) groups excluding carboxylic acids is 3. The van der Waals surface area contributed by atoms with E-state index in [1.165, 1.54) is 57.8 Å². The smallest absolute Gasteiger partial charge is 0.462 e. The number of phosphoric ester groups is 1. The molecule has 1 aliphatic rings. The van der Waals surface area contributed by atoms with Crippen LogP contribution in [0, 0.1) is 11.8 Å². The zero-order valence-electron chi connectivity index (χ0n) is 35.2. The highest BCUT2D eigenvalue weighted by atomic mass is 31.2. The summed E-state index contributed by atoms with van der Waals surface area (Å²) >= 11 is 0. The van der Waals surface area contributed by atoms with Gasteiger partial charge in [0, 0.05) is 31.1 Å². The zero-order chi connectivity index (χ0) is 42.0. The molecule has 0 aliphatic heterocycles. The molecule has 1 saturated carbocycles. The van der Waals surface area contributed by atoms with Gasteiger partial charge in [0.05, 0.1) is 18.8 Å². The van der Waals surface area contributed by atoms with Gasteiger partial charge in [0.25, 0.3) is 0 Å². The zero-order valence-corrected chi connectivity index (χ0v) is 36.1. The molecule has 0 aromatic rings. The molecular formula is C45H77O11P. The molecule has 0 radical (unpaired) electrons. The number of aliphatic hydroxyl groups is 2. The highest BCUT2D eigenvalue weighted by Gasteiger charge is 2.39. The first kappa shape index (κ1) is 52.6. The Hall–Kier alpha value is -2.40. The van der Waals surface area contributed by atoms with Crippen molar-refractivity contribution in [2.45, 2.75) is 193 Å². The molecule has 0 aromatic heterocycles. The molecular weight excluding hydrogens is 747 g/mol. The number of rotatable bonds is 36. The van der Waals surface area contributed by atoms with Crippen LogP contribution in [0.1, 0.15) is 174 Å². The summed E-state index contributed by atoms with van der Waals surface area (Å²) in [7, 11) is -4.82. The lowest BCUT2D eigenvalue weighted by atomic mass is 9.90. The quantitative estimate of drug-likeness (QED) is 0.0205. The minimum absolute atomic E-state index is 0.00775. The standard InChI is InChI=1S/C45H77O11P/c1-3-5-7-8-9-10-11-12-13-14-15-16-17-18-19-20-21-22-28-32-45(50)56-39(37-55-57(51,52)53)36-54-44(49)31-27-24-23-26-30-40-41(43(48)35-42(40)47)34-33-38(46)29-25-6-4-2/h9-10,12-13,23,26,33-34,38-41,43,46,48H,3-8,11,14-22,24-25,27-32,35-37H2,1-2H3,(H2,51,52,53)/b10-9-,13-12-,26-23-,34-33+/t38-,39+,40+,41+,43+/m0/s1. The third-order valence-corrected chi connectivity index (χ3v) is 10.7. The Bertz CT molecular complexity index is 1220. The summed E-state index contributed by atoms with van der Waals surface area (Å²) in [6.07, 6.45) is 36.2. The van der Waals surface area contributed by atoms with Gasteiger partial charge in [0.15, 0.2) is 6.10 Å². The lowest BCUT2D eigenvalue weighted by molar-refractivity contribution is -0.161. The minimum atomic E-state index is -4.82. The molecule has 0 saturated heterocycles. The molecule has 0 bridgehead atoms. The van der Waals surface area contributed by atoms with Gasteiger partial charge in [-0.3, -0.25) is 18.9 Å². The van der Waals surface area contributed by atoms with Gasteiger partial charge >= 0.3 is 19.8 Å². The number of esters is 2. The number of unbranched alkanes of at least 4 members (excludes halogenated alkanes) is 15. The summed E-state index contributed by atoms with van der Waals surface area (Å²) in [6.45, 7) is 3.33. The number of phosphoric acid groups is 1. The normalized spacial score (nSPS) is 18.8. The second kappa shape index (κ2) is 34.5. The average Bonchev–Trinajstić information content (AvgIpc) is 3.44. The average molecular weight is 825 g/mol. The van der Waals surface area contributed by atoms with Gasteiger partial charge in [-0.15, -0.1) is 0 Å². The fourth-order valence-corrected chi connectivity index (χ4v) is 7.16. The number of ether oxygens (including phenoxy) is 2. The second-order valence-corrected chi connectivity index (χ2v) is 16.7. The molecule has 0 heterocycles. The van der Waals surface area contributed by atoms with Crippen molar-refractivity contribution in [3.05, 3.63) is 48.6 Å². The highest BCUT2D eigenvalue weighted by molar-refractivity contribution is 7.46. The van der Waals surface area contributed by atoms with Crippen LogP contribution in [0.15, 0.2) is 48.6 Å². The number of carbonyl (C=O) groups is 3. The second-order valence-electron chi connectivity index (χ2n) is 15.4. The monoisotopic (exact) mass is 825 g/mol. The molecule has 328 valence electrons. The molecule has 11 nitrogen and oxygen atoms in total. The maximum absolute atomic E-state index is 12.5. The Balaban J connectivity index is 2.25. The third-order valence-electron chi connectivity index (χ3n) is 10.2. The Kier molecular flexibility index (Phi) is 31.8. The van der Waals surface area contributed by atoms with Crippen molar-refractivity contribution in [1.82, 2.24) is 0 Å². The lowest BCUT2D eigenvalue weighted by Crippen LogP contribution is -2.29. The van der Waals surface area contributed by atoms with E-state index in [-0.39, 0.29) is 43.5 Å². The van der Waals surface area contributed by atoms with Crippen LogP contribution in [0.3, 0.4) is 0 Å². The van der Waals surface area contributed by atoms with Crippen LogP contribution in [0.5, 0.6) is 0 Å². The summed E-state index contributed by atoms with van der Waals surface area (Å²) in [5.74, 6) is -1.81. The summed E-state index contributed by atoms with van der Waals surface area (Å²) in [5.41, 5.74) is 0.